The molecule has 0 aromatic carbocycles. The number of nitrogens with two attached hydrogens (primary N) is 1. The molecule has 1 heterocycles. The quantitative estimate of drug-likeness (QED) is 0.839. The zero-order valence-electron chi connectivity index (χ0n) is 8.95. The van der Waals surface area contributed by atoms with E-state index in [2.05, 4.69) is 26.2 Å². The third-order valence-corrected chi connectivity index (χ3v) is 3.35. The number of thiocarbonyl (C=S) groups is 1. The van der Waals surface area contributed by atoms with Gasteiger partial charge in [0.1, 0.15) is 0 Å². The van der Waals surface area contributed by atoms with E-state index in [1.54, 1.807) is 32.3 Å². The van der Waals surface area contributed by atoms with Gasteiger partial charge in [0.05, 0.1) is 20.6 Å². The fourth-order valence-electron chi connectivity index (χ4n) is 0.867. The van der Waals surface area contributed by atoms with Crippen molar-refractivity contribution in [3.8, 4) is 0 Å². The average Bonchev–Trinajstić information content (AvgIpc) is 2.21. The number of amides is 1. The molecule has 16 heavy (non-hydrogen) atoms. The van der Waals surface area contributed by atoms with E-state index in [4.69, 9.17) is 18.0 Å². The molecule has 1 aromatic heterocycles. The molecule has 1 aromatic rings. The van der Waals surface area contributed by atoms with Gasteiger partial charge in [0, 0.05) is 12.4 Å². The monoisotopic (exact) mass is 301 g/mol. The topological polar surface area (TPSA) is 68.0 Å². The van der Waals surface area contributed by atoms with E-state index in [-0.39, 0.29) is 10.9 Å². The van der Waals surface area contributed by atoms with Gasteiger partial charge in [0.25, 0.3) is 0 Å². The third kappa shape index (κ3) is 2.76. The maximum atomic E-state index is 11.9. The van der Waals surface area contributed by atoms with E-state index in [0.717, 1.165) is 0 Å². The first kappa shape index (κ1) is 13.1. The van der Waals surface area contributed by atoms with Gasteiger partial charge in [-0.3, -0.25) is 9.78 Å². The van der Waals surface area contributed by atoms with Crippen LogP contribution in [-0.4, -0.2) is 15.9 Å². The SMILES string of the molecule is CC(C)(C(=O)Nc1ccncc1Br)C(N)=S. The fourth-order valence-corrected chi connectivity index (χ4v) is 1.31. The van der Waals surface area contributed by atoms with E-state index < -0.39 is 5.41 Å². The van der Waals surface area contributed by atoms with Crippen LogP contribution in [0.5, 0.6) is 0 Å². The Hall–Kier alpha value is -1.01. The highest BCUT2D eigenvalue weighted by molar-refractivity contribution is 9.10. The lowest BCUT2D eigenvalue weighted by molar-refractivity contribution is -0.121. The summed E-state index contributed by atoms with van der Waals surface area (Å²) < 4.78 is 0.710. The molecule has 0 aliphatic rings. The van der Waals surface area contributed by atoms with Gasteiger partial charge in [-0.05, 0) is 35.8 Å². The highest BCUT2D eigenvalue weighted by Crippen LogP contribution is 2.23. The highest BCUT2D eigenvalue weighted by Gasteiger charge is 2.31. The summed E-state index contributed by atoms with van der Waals surface area (Å²) in [5.41, 5.74) is 5.28. The number of nitrogens with zero attached hydrogens (tertiary/aromatic N) is 1. The normalized spacial score (nSPS) is 10.9. The Morgan fingerprint density at radius 1 is 1.62 bits per heavy atom. The molecule has 6 heteroatoms. The van der Waals surface area contributed by atoms with Crippen LogP contribution in [0.25, 0.3) is 0 Å². The molecule has 0 unspecified atom stereocenters. The molecule has 86 valence electrons. The Balaban J connectivity index is 2.88. The summed E-state index contributed by atoms with van der Waals surface area (Å²) >= 11 is 8.14. The highest BCUT2D eigenvalue weighted by atomic mass is 79.9. The number of pyridine rings is 1. The van der Waals surface area contributed by atoms with E-state index in [1.165, 1.54) is 0 Å². The van der Waals surface area contributed by atoms with E-state index >= 15 is 0 Å². The van der Waals surface area contributed by atoms with Crippen molar-refractivity contribution in [1.82, 2.24) is 4.98 Å². The molecule has 3 N–H and O–H groups in total. The van der Waals surface area contributed by atoms with Gasteiger partial charge in [-0.15, -0.1) is 0 Å². The van der Waals surface area contributed by atoms with Crippen molar-refractivity contribution in [2.45, 2.75) is 13.8 Å². The summed E-state index contributed by atoms with van der Waals surface area (Å²) in [5.74, 6) is -0.244. The Labute approximate surface area is 108 Å². The second-order valence-electron chi connectivity index (χ2n) is 3.80. The largest absolute Gasteiger partial charge is 0.392 e. The zero-order chi connectivity index (χ0) is 12.3. The average molecular weight is 302 g/mol. The number of carbonyl (C=O) groups excluding carboxylic acids is 1. The van der Waals surface area contributed by atoms with Crippen LogP contribution in [0.3, 0.4) is 0 Å². The molecule has 1 rings (SSSR count). The Kier molecular flexibility index (Phi) is 3.98. The van der Waals surface area contributed by atoms with Gasteiger partial charge in [-0.25, -0.2) is 0 Å². The minimum Gasteiger partial charge on any atom is -0.392 e. The Morgan fingerprint density at radius 2 is 2.25 bits per heavy atom. The van der Waals surface area contributed by atoms with Gasteiger partial charge in [-0.1, -0.05) is 12.2 Å². The molecule has 0 radical (unpaired) electrons. The van der Waals surface area contributed by atoms with Crippen molar-refractivity contribution in [2.75, 3.05) is 5.32 Å². The van der Waals surface area contributed by atoms with Crippen LogP contribution in [0, 0.1) is 5.41 Å². The molecule has 0 saturated heterocycles. The molecule has 0 saturated carbocycles. The maximum absolute atomic E-state index is 11.9. The second kappa shape index (κ2) is 4.88. The summed E-state index contributed by atoms with van der Waals surface area (Å²) in [6, 6.07) is 1.69. The number of carbonyl (C=O) groups is 1. The van der Waals surface area contributed by atoms with Crippen molar-refractivity contribution in [3.63, 3.8) is 0 Å². The number of hydrogen-bond donors (Lipinski definition) is 2. The van der Waals surface area contributed by atoms with Crippen LogP contribution in [0.1, 0.15) is 13.8 Å². The number of anilines is 1. The van der Waals surface area contributed by atoms with E-state index in [0.29, 0.717) is 10.2 Å². The summed E-state index contributed by atoms with van der Waals surface area (Å²) in [6.45, 7) is 3.36. The van der Waals surface area contributed by atoms with Crippen molar-refractivity contribution in [3.05, 3.63) is 22.9 Å². The van der Waals surface area contributed by atoms with E-state index in [1.807, 2.05) is 0 Å². The molecule has 0 aliphatic heterocycles. The number of hydrogen-bond acceptors (Lipinski definition) is 3. The van der Waals surface area contributed by atoms with Crippen molar-refractivity contribution < 1.29 is 4.79 Å². The number of aromatic nitrogens is 1. The van der Waals surface area contributed by atoms with Crippen molar-refractivity contribution >= 4 is 44.7 Å². The first-order valence-corrected chi connectivity index (χ1v) is 5.76. The van der Waals surface area contributed by atoms with Gasteiger partial charge in [-0.2, -0.15) is 0 Å². The first-order chi connectivity index (χ1) is 7.35. The van der Waals surface area contributed by atoms with Crippen LogP contribution in [-0.2, 0) is 4.79 Å². The zero-order valence-corrected chi connectivity index (χ0v) is 11.4. The van der Waals surface area contributed by atoms with Crippen LogP contribution in [0.15, 0.2) is 22.9 Å². The fraction of sp³-hybridized carbons (Fsp3) is 0.300. The van der Waals surface area contributed by atoms with Gasteiger partial charge in [0.2, 0.25) is 5.91 Å². The first-order valence-electron chi connectivity index (χ1n) is 4.56. The minimum absolute atomic E-state index is 0.162. The van der Waals surface area contributed by atoms with Gasteiger partial charge < -0.3 is 11.1 Å². The summed E-state index contributed by atoms with van der Waals surface area (Å²) in [4.78, 5) is 16.0. The number of rotatable bonds is 3. The lowest BCUT2D eigenvalue weighted by Crippen LogP contribution is -2.41. The molecule has 0 fully saturated rings. The Bertz CT molecular complexity index is 434. The predicted octanol–water partition coefficient (Wildman–Crippen LogP) is 2.09. The summed E-state index contributed by atoms with van der Waals surface area (Å²) in [7, 11) is 0. The van der Waals surface area contributed by atoms with Gasteiger partial charge in [0.15, 0.2) is 0 Å². The summed E-state index contributed by atoms with van der Waals surface area (Å²) in [6.07, 6.45) is 3.19. The summed E-state index contributed by atoms with van der Waals surface area (Å²) in [5, 5.41) is 2.74. The van der Waals surface area contributed by atoms with Crippen molar-refractivity contribution in [1.29, 1.82) is 0 Å². The number of halogens is 1. The molecular weight excluding hydrogens is 290 g/mol. The standard InChI is InChI=1S/C10H12BrN3OS/c1-10(2,8(12)16)9(15)14-7-3-4-13-5-6(7)11/h3-5H,1-2H3,(H2,12,16)(H,13,14,15). The molecule has 0 bridgehead atoms. The molecule has 0 spiro atoms. The van der Waals surface area contributed by atoms with E-state index in [9.17, 15) is 4.79 Å². The third-order valence-electron chi connectivity index (χ3n) is 2.20. The smallest absolute Gasteiger partial charge is 0.236 e. The number of nitrogens with one attached hydrogen (secondary N) is 1. The molecular formula is C10H12BrN3OS. The van der Waals surface area contributed by atoms with Crippen LogP contribution >= 0.6 is 28.1 Å². The van der Waals surface area contributed by atoms with Crippen molar-refractivity contribution in [2.24, 2.45) is 11.1 Å². The predicted molar refractivity (Wildman–Crippen MR) is 71.1 cm³/mol. The molecule has 4 nitrogen and oxygen atoms in total. The maximum Gasteiger partial charge on any atom is 0.236 e. The lowest BCUT2D eigenvalue weighted by atomic mass is 9.92. The van der Waals surface area contributed by atoms with Gasteiger partial charge >= 0.3 is 0 Å². The Morgan fingerprint density at radius 3 is 2.75 bits per heavy atom. The lowest BCUT2D eigenvalue weighted by Gasteiger charge is -2.22. The van der Waals surface area contributed by atoms with Crippen LogP contribution in [0.2, 0.25) is 0 Å². The molecule has 0 atom stereocenters. The molecule has 0 aliphatic carbocycles. The van der Waals surface area contributed by atoms with Crippen LogP contribution in [0.4, 0.5) is 5.69 Å². The molecule has 1 amide bonds. The minimum atomic E-state index is -0.877. The van der Waals surface area contributed by atoms with Crippen LogP contribution < -0.4 is 11.1 Å². The second-order valence-corrected chi connectivity index (χ2v) is 5.09.